The summed E-state index contributed by atoms with van der Waals surface area (Å²) < 4.78 is 2.23. The number of benzene rings is 1. The topological polar surface area (TPSA) is 45.4 Å². The quantitative estimate of drug-likeness (QED) is 0.636. The molecule has 3 nitrogen and oxygen atoms in total. The van der Waals surface area contributed by atoms with Crippen LogP contribution >= 0.6 is 0 Å². The van der Waals surface area contributed by atoms with Crippen LogP contribution in [0.5, 0.6) is 0 Å². The van der Waals surface area contributed by atoms with E-state index >= 15 is 0 Å². The van der Waals surface area contributed by atoms with Crippen molar-refractivity contribution in [2.24, 2.45) is 5.92 Å². The first-order valence-corrected chi connectivity index (χ1v) is 8.76. The Kier molecular flexibility index (Phi) is 5.37. The van der Waals surface area contributed by atoms with E-state index in [0.717, 1.165) is 29.8 Å². The maximum Gasteiger partial charge on any atom is 0.171 e. The van der Waals surface area contributed by atoms with Crippen molar-refractivity contribution >= 4 is 5.70 Å². The SMILES string of the molecule is C=C/C=C(\C=C\C(O)O)n1c(-c2ccccc2)cc2c1CCC(C)C2. The number of aliphatic hydroxyl groups is 2. The zero-order valence-electron chi connectivity index (χ0n) is 14.6. The number of fused-ring (bicyclic) bond motifs is 1. The van der Waals surface area contributed by atoms with Gasteiger partial charge in [0.05, 0.1) is 5.69 Å². The third kappa shape index (κ3) is 3.84. The lowest BCUT2D eigenvalue weighted by Crippen LogP contribution is -2.13. The predicted octanol–water partition coefficient (Wildman–Crippen LogP) is 4.17. The Morgan fingerprint density at radius 3 is 2.72 bits per heavy atom. The van der Waals surface area contributed by atoms with Crippen molar-refractivity contribution in [3.05, 3.63) is 78.5 Å². The van der Waals surface area contributed by atoms with Crippen LogP contribution in [0.15, 0.2) is 67.3 Å². The molecule has 1 unspecified atom stereocenters. The molecule has 0 radical (unpaired) electrons. The minimum absolute atomic E-state index is 0.689. The smallest absolute Gasteiger partial charge is 0.171 e. The number of aromatic nitrogens is 1. The number of aliphatic hydroxyl groups excluding tert-OH is 1. The highest BCUT2D eigenvalue weighted by Crippen LogP contribution is 2.35. The van der Waals surface area contributed by atoms with Gasteiger partial charge in [-0.05, 0) is 60.6 Å². The molecule has 0 fully saturated rings. The van der Waals surface area contributed by atoms with Gasteiger partial charge >= 0.3 is 0 Å². The maximum absolute atomic E-state index is 9.23. The Balaban J connectivity index is 2.19. The molecule has 0 spiro atoms. The summed E-state index contributed by atoms with van der Waals surface area (Å²) in [6.45, 7) is 6.11. The van der Waals surface area contributed by atoms with Gasteiger partial charge in [0, 0.05) is 11.4 Å². The van der Waals surface area contributed by atoms with E-state index in [4.69, 9.17) is 0 Å². The van der Waals surface area contributed by atoms with Gasteiger partial charge in [-0.1, -0.05) is 49.9 Å². The molecule has 2 N–H and O–H groups in total. The van der Waals surface area contributed by atoms with Crippen LogP contribution in [0, 0.1) is 5.92 Å². The van der Waals surface area contributed by atoms with Crippen molar-refractivity contribution in [2.45, 2.75) is 32.5 Å². The van der Waals surface area contributed by atoms with E-state index < -0.39 is 6.29 Å². The number of allylic oxidation sites excluding steroid dienone is 4. The highest BCUT2D eigenvalue weighted by atomic mass is 16.5. The molecule has 25 heavy (non-hydrogen) atoms. The lowest BCUT2D eigenvalue weighted by Gasteiger charge is -2.22. The van der Waals surface area contributed by atoms with Gasteiger partial charge < -0.3 is 14.8 Å². The van der Waals surface area contributed by atoms with Crippen molar-refractivity contribution in [1.29, 1.82) is 0 Å². The molecule has 1 heterocycles. The van der Waals surface area contributed by atoms with E-state index in [1.54, 1.807) is 12.2 Å². The normalized spacial score (nSPS) is 17.9. The van der Waals surface area contributed by atoms with Gasteiger partial charge in [0.1, 0.15) is 0 Å². The zero-order chi connectivity index (χ0) is 17.8. The first-order valence-electron chi connectivity index (χ1n) is 8.76. The summed E-state index contributed by atoms with van der Waals surface area (Å²) in [5, 5.41) is 18.5. The largest absolute Gasteiger partial charge is 0.365 e. The monoisotopic (exact) mass is 335 g/mol. The van der Waals surface area contributed by atoms with Gasteiger partial charge in [-0.25, -0.2) is 0 Å². The molecule has 130 valence electrons. The summed E-state index contributed by atoms with van der Waals surface area (Å²) in [5.74, 6) is 0.689. The molecule has 1 aliphatic rings. The van der Waals surface area contributed by atoms with E-state index in [2.05, 4.69) is 36.3 Å². The second-order valence-corrected chi connectivity index (χ2v) is 6.65. The lowest BCUT2D eigenvalue weighted by atomic mass is 9.89. The molecule has 0 bridgehead atoms. The Hall–Kier alpha value is -2.36. The van der Waals surface area contributed by atoms with Gasteiger partial charge in [-0.2, -0.15) is 0 Å². The predicted molar refractivity (Wildman–Crippen MR) is 103 cm³/mol. The minimum atomic E-state index is -1.47. The fourth-order valence-electron chi connectivity index (χ4n) is 3.54. The fraction of sp³-hybridized carbons (Fsp3) is 0.273. The molecule has 1 aromatic heterocycles. The van der Waals surface area contributed by atoms with Crippen LogP contribution in [0.4, 0.5) is 0 Å². The Bertz CT molecular complexity index is 797. The second kappa shape index (κ2) is 7.68. The highest BCUT2D eigenvalue weighted by Gasteiger charge is 2.23. The highest BCUT2D eigenvalue weighted by molar-refractivity contribution is 5.73. The molecule has 1 aromatic carbocycles. The molecular formula is C22H25NO2. The third-order valence-corrected chi connectivity index (χ3v) is 4.69. The van der Waals surface area contributed by atoms with Crippen LogP contribution < -0.4 is 0 Å². The average Bonchev–Trinajstić information content (AvgIpc) is 2.97. The number of rotatable bonds is 5. The summed E-state index contributed by atoms with van der Waals surface area (Å²) in [6.07, 6.45) is 8.56. The van der Waals surface area contributed by atoms with E-state index in [1.165, 1.54) is 23.8 Å². The molecule has 0 saturated heterocycles. The van der Waals surface area contributed by atoms with Crippen LogP contribution in [-0.4, -0.2) is 21.1 Å². The van der Waals surface area contributed by atoms with Gasteiger partial charge in [0.2, 0.25) is 0 Å². The van der Waals surface area contributed by atoms with Gasteiger partial charge in [-0.3, -0.25) is 0 Å². The van der Waals surface area contributed by atoms with Crippen molar-refractivity contribution in [1.82, 2.24) is 4.57 Å². The summed E-state index contributed by atoms with van der Waals surface area (Å²) >= 11 is 0. The van der Waals surface area contributed by atoms with Crippen LogP contribution in [0.25, 0.3) is 17.0 Å². The van der Waals surface area contributed by atoms with Crippen molar-refractivity contribution < 1.29 is 10.2 Å². The van der Waals surface area contributed by atoms with E-state index in [0.29, 0.717) is 5.92 Å². The first kappa shape index (κ1) is 17.5. The summed E-state index contributed by atoms with van der Waals surface area (Å²) in [4.78, 5) is 0. The molecule has 0 aliphatic heterocycles. The van der Waals surface area contributed by atoms with Gasteiger partial charge in [0.15, 0.2) is 6.29 Å². The third-order valence-electron chi connectivity index (χ3n) is 4.69. The second-order valence-electron chi connectivity index (χ2n) is 6.65. The minimum Gasteiger partial charge on any atom is -0.365 e. The molecule has 0 saturated carbocycles. The molecule has 3 heteroatoms. The number of hydrogen-bond donors (Lipinski definition) is 2. The summed E-state index contributed by atoms with van der Waals surface area (Å²) in [6, 6.07) is 12.6. The molecule has 2 aromatic rings. The van der Waals surface area contributed by atoms with E-state index in [-0.39, 0.29) is 0 Å². The molecule has 3 rings (SSSR count). The Morgan fingerprint density at radius 1 is 1.28 bits per heavy atom. The van der Waals surface area contributed by atoms with Crippen LogP contribution in [0.2, 0.25) is 0 Å². The first-order chi connectivity index (χ1) is 12.1. The fourth-order valence-corrected chi connectivity index (χ4v) is 3.54. The van der Waals surface area contributed by atoms with Crippen molar-refractivity contribution in [3.63, 3.8) is 0 Å². The van der Waals surface area contributed by atoms with Gasteiger partial charge in [-0.15, -0.1) is 0 Å². The molecule has 1 aliphatic carbocycles. The molecule has 1 atom stereocenters. The maximum atomic E-state index is 9.23. The molecule has 0 amide bonds. The average molecular weight is 335 g/mol. The number of hydrogen-bond acceptors (Lipinski definition) is 2. The zero-order valence-corrected chi connectivity index (χ0v) is 14.6. The summed E-state index contributed by atoms with van der Waals surface area (Å²) in [7, 11) is 0. The van der Waals surface area contributed by atoms with Crippen LogP contribution in [0.1, 0.15) is 24.6 Å². The van der Waals surface area contributed by atoms with Gasteiger partial charge in [0.25, 0.3) is 0 Å². The lowest BCUT2D eigenvalue weighted by molar-refractivity contribution is 0.00240. The molecular weight excluding hydrogens is 310 g/mol. The van der Waals surface area contributed by atoms with E-state index in [9.17, 15) is 10.2 Å². The standard InChI is InChI=1S/C22H25NO2/c1-3-7-19(11-13-22(24)25)23-20-12-10-16(2)14-18(20)15-21(23)17-8-5-4-6-9-17/h3-9,11,13,15-16,22,24-25H,1,10,12,14H2,2H3/b13-11+,19-7+. The van der Waals surface area contributed by atoms with E-state index in [1.807, 2.05) is 24.3 Å². The van der Waals surface area contributed by atoms with Crippen molar-refractivity contribution in [2.75, 3.05) is 0 Å². The summed E-state index contributed by atoms with van der Waals surface area (Å²) in [5.41, 5.74) is 5.85. The van der Waals surface area contributed by atoms with Crippen LogP contribution in [0.3, 0.4) is 0 Å². The number of nitrogens with zero attached hydrogens (tertiary/aromatic N) is 1. The Labute approximate surface area is 149 Å². The van der Waals surface area contributed by atoms with Crippen LogP contribution in [-0.2, 0) is 12.8 Å². The Morgan fingerprint density at radius 2 is 2.04 bits per heavy atom. The van der Waals surface area contributed by atoms with Crippen molar-refractivity contribution in [3.8, 4) is 11.3 Å².